The van der Waals surface area contributed by atoms with Crippen LogP contribution in [0.4, 0.5) is 5.69 Å². The van der Waals surface area contributed by atoms with Crippen LogP contribution in [-0.4, -0.2) is 64.4 Å². The summed E-state index contributed by atoms with van der Waals surface area (Å²) in [7, 11) is -3.63. The van der Waals surface area contributed by atoms with Crippen molar-refractivity contribution in [3.8, 4) is 5.69 Å². The molecule has 162 valence electrons. The number of carbonyl (C=O) groups is 1. The number of sulfonamides is 1. The van der Waals surface area contributed by atoms with E-state index in [0.29, 0.717) is 15.6 Å². The highest BCUT2D eigenvalue weighted by Gasteiger charge is 2.31. The van der Waals surface area contributed by atoms with Gasteiger partial charge in [0.1, 0.15) is 4.21 Å². The summed E-state index contributed by atoms with van der Waals surface area (Å²) >= 11 is 6.85. The Labute approximate surface area is 186 Å². The fourth-order valence-electron chi connectivity index (χ4n) is 3.18. The van der Waals surface area contributed by atoms with Gasteiger partial charge in [-0.15, -0.1) is 11.3 Å². The lowest BCUT2D eigenvalue weighted by molar-refractivity contribution is -0.384. The van der Waals surface area contributed by atoms with Crippen LogP contribution >= 0.6 is 22.9 Å². The first-order valence-electron chi connectivity index (χ1n) is 9.10. The van der Waals surface area contributed by atoms with Gasteiger partial charge in [-0.1, -0.05) is 11.6 Å². The highest BCUT2D eigenvalue weighted by Crippen LogP contribution is 2.28. The molecule has 0 spiro atoms. The highest BCUT2D eigenvalue weighted by atomic mass is 35.5. The molecule has 0 atom stereocenters. The fraction of sp³-hybridized carbons (Fsp3) is 0.222. The van der Waals surface area contributed by atoms with E-state index in [2.05, 4.69) is 5.10 Å². The first-order valence-corrected chi connectivity index (χ1v) is 11.7. The molecule has 3 heterocycles. The lowest BCUT2D eigenvalue weighted by Gasteiger charge is -2.33. The summed E-state index contributed by atoms with van der Waals surface area (Å²) < 4.78 is 28.8. The van der Waals surface area contributed by atoms with Crippen molar-refractivity contribution < 1.29 is 18.1 Å². The van der Waals surface area contributed by atoms with Gasteiger partial charge in [0.2, 0.25) is 0 Å². The van der Waals surface area contributed by atoms with Crippen LogP contribution in [-0.2, 0) is 10.0 Å². The molecular formula is C18H16ClN5O5S2. The van der Waals surface area contributed by atoms with Gasteiger partial charge in [0, 0.05) is 44.5 Å². The Morgan fingerprint density at radius 2 is 1.77 bits per heavy atom. The molecule has 3 aromatic rings. The molecule has 1 saturated heterocycles. The molecule has 0 N–H and O–H groups in total. The van der Waals surface area contributed by atoms with Crippen molar-refractivity contribution in [3.05, 3.63) is 68.8 Å². The first kappa shape index (κ1) is 21.4. The largest absolute Gasteiger partial charge is 0.336 e. The zero-order chi connectivity index (χ0) is 22.2. The Kier molecular flexibility index (Phi) is 5.79. The van der Waals surface area contributed by atoms with Crippen LogP contribution < -0.4 is 0 Å². The van der Waals surface area contributed by atoms with Gasteiger partial charge in [-0.25, -0.2) is 13.1 Å². The Morgan fingerprint density at radius 1 is 1.10 bits per heavy atom. The molecular weight excluding hydrogens is 466 g/mol. The van der Waals surface area contributed by atoms with E-state index in [1.165, 1.54) is 33.4 Å². The van der Waals surface area contributed by atoms with Gasteiger partial charge >= 0.3 is 0 Å². The van der Waals surface area contributed by atoms with Gasteiger partial charge in [-0.2, -0.15) is 9.40 Å². The van der Waals surface area contributed by atoms with Crippen LogP contribution in [0.3, 0.4) is 0 Å². The molecule has 1 amide bonds. The van der Waals surface area contributed by atoms with Crippen LogP contribution in [0, 0.1) is 10.1 Å². The molecule has 0 unspecified atom stereocenters. The normalized spacial score (nSPS) is 15.2. The summed E-state index contributed by atoms with van der Waals surface area (Å²) in [6, 6.07) is 8.82. The molecule has 0 saturated carbocycles. The minimum absolute atomic E-state index is 0.0372. The van der Waals surface area contributed by atoms with Gasteiger partial charge in [0.15, 0.2) is 0 Å². The number of nitro benzene ring substituents is 1. The molecule has 2 aromatic heterocycles. The molecule has 1 aliphatic heterocycles. The second kappa shape index (κ2) is 8.38. The number of non-ortho nitro benzene ring substituents is 1. The van der Waals surface area contributed by atoms with E-state index in [-0.39, 0.29) is 42.0 Å². The molecule has 0 bridgehead atoms. The number of hydrogen-bond donors (Lipinski definition) is 0. The zero-order valence-electron chi connectivity index (χ0n) is 15.9. The molecule has 1 aliphatic rings. The van der Waals surface area contributed by atoms with E-state index in [9.17, 15) is 23.3 Å². The van der Waals surface area contributed by atoms with Crippen LogP contribution in [0.2, 0.25) is 4.34 Å². The number of thiophene rings is 1. The third-order valence-corrected chi connectivity index (χ3v) is 8.42. The molecule has 1 fully saturated rings. The molecule has 31 heavy (non-hydrogen) atoms. The van der Waals surface area contributed by atoms with E-state index in [0.717, 1.165) is 11.3 Å². The van der Waals surface area contributed by atoms with Crippen molar-refractivity contribution in [1.29, 1.82) is 0 Å². The second-order valence-corrected chi connectivity index (χ2v) is 10.6. The fourth-order valence-corrected chi connectivity index (χ4v) is 6.24. The molecule has 10 nitrogen and oxygen atoms in total. The maximum Gasteiger partial charge on any atom is 0.269 e. The molecule has 13 heteroatoms. The Morgan fingerprint density at radius 3 is 2.35 bits per heavy atom. The van der Waals surface area contributed by atoms with Crippen molar-refractivity contribution in [3.63, 3.8) is 0 Å². The van der Waals surface area contributed by atoms with Crippen LogP contribution in [0.1, 0.15) is 10.4 Å². The van der Waals surface area contributed by atoms with Gasteiger partial charge < -0.3 is 4.90 Å². The number of amides is 1. The quantitative estimate of drug-likeness (QED) is 0.408. The van der Waals surface area contributed by atoms with Crippen LogP contribution in [0.5, 0.6) is 0 Å². The van der Waals surface area contributed by atoms with Crippen LogP contribution in [0.15, 0.2) is 53.0 Å². The van der Waals surface area contributed by atoms with Crippen molar-refractivity contribution in [1.82, 2.24) is 19.0 Å². The van der Waals surface area contributed by atoms with E-state index in [4.69, 9.17) is 11.6 Å². The lowest BCUT2D eigenvalue weighted by atomic mass is 10.2. The van der Waals surface area contributed by atoms with E-state index in [1.807, 2.05) is 0 Å². The Balaban J connectivity index is 1.42. The predicted octanol–water partition coefficient (Wildman–Crippen LogP) is 2.64. The minimum Gasteiger partial charge on any atom is -0.336 e. The predicted molar refractivity (Wildman–Crippen MR) is 114 cm³/mol. The third-order valence-electron chi connectivity index (χ3n) is 4.82. The summed E-state index contributed by atoms with van der Waals surface area (Å²) in [5, 5.41) is 14.9. The topological polar surface area (TPSA) is 119 Å². The number of halogens is 1. The number of hydrogen-bond acceptors (Lipinski definition) is 7. The highest BCUT2D eigenvalue weighted by molar-refractivity contribution is 7.91. The number of benzene rings is 1. The number of carbonyl (C=O) groups excluding carboxylic acids is 1. The van der Waals surface area contributed by atoms with E-state index in [1.54, 1.807) is 29.3 Å². The number of piperazine rings is 1. The average molecular weight is 482 g/mol. The molecule has 0 radical (unpaired) electrons. The van der Waals surface area contributed by atoms with Crippen LogP contribution in [0.25, 0.3) is 5.69 Å². The molecule has 1 aromatic carbocycles. The van der Waals surface area contributed by atoms with Crippen molar-refractivity contribution in [2.75, 3.05) is 26.2 Å². The Bertz CT molecular complexity index is 1230. The molecule has 4 rings (SSSR count). The summed E-state index contributed by atoms with van der Waals surface area (Å²) in [6.45, 7) is 0.861. The standard InChI is InChI=1S/C18H16ClN5O5S2/c19-16-5-6-17(30-16)31(28,29)22-9-7-21(8-10-22)18(25)13-11-20-23(12-13)14-1-3-15(4-2-14)24(26)27/h1-6,11-12H,7-10H2. The average Bonchev–Trinajstić information content (AvgIpc) is 3.43. The maximum absolute atomic E-state index is 12.8. The van der Waals surface area contributed by atoms with Crippen molar-refractivity contribution >= 4 is 44.6 Å². The summed E-state index contributed by atoms with van der Waals surface area (Å²) in [5.41, 5.74) is 0.889. The van der Waals surface area contributed by atoms with Gasteiger partial charge in [0.05, 0.1) is 26.7 Å². The summed E-state index contributed by atoms with van der Waals surface area (Å²) in [4.78, 5) is 24.7. The van der Waals surface area contributed by atoms with E-state index >= 15 is 0 Å². The van der Waals surface area contributed by atoms with Gasteiger partial charge in [-0.05, 0) is 24.3 Å². The minimum atomic E-state index is -3.63. The monoisotopic (exact) mass is 481 g/mol. The number of rotatable bonds is 5. The number of nitrogens with zero attached hydrogens (tertiary/aromatic N) is 5. The van der Waals surface area contributed by atoms with Crippen molar-refractivity contribution in [2.24, 2.45) is 0 Å². The lowest BCUT2D eigenvalue weighted by Crippen LogP contribution is -2.50. The number of aromatic nitrogens is 2. The first-order chi connectivity index (χ1) is 14.8. The molecule has 0 aliphatic carbocycles. The SMILES string of the molecule is O=C(c1cnn(-c2ccc([N+](=O)[O-])cc2)c1)N1CCN(S(=O)(=O)c2ccc(Cl)s2)CC1. The van der Waals surface area contributed by atoms with Gasteiger partial charge in [-0.3, -0.25) is 14.9 Å². The smallest absolute Gasteiger partial charge is 0.269 e. The Hall–Kier alpha value is -2.80. The van der Waals surface area contributed by atoms with Crippen molar-refractivity contribution in [2.45, 2.75) is 4.21 Å². The zero-order valence-corrected chi connectivity index (χ0v) is 18.3. The maximum atomic E-state index is 12.8. The van der Waals surface area contributed by atoms with E-state index < -0.39 is 14.9 Å². The third kappa shape index (κ3) is 4.32. The summed E-state index contributed by atoms with van der Waals surface area (Å²) in [6.07, 6.45) is 2.96. The van der Waals surface area contributed by atoms with Gasteiger partial charge in [0.25, 0.3) is 21.6 Å². The summed E-state index contributed by atoms with van der Waals surface area (Å²) in [5.74, 6) is -0.260. The second-order valence-electron chi connectivity index (χ2n) is 6.70. The number of nitro groups is 1.